The molecule has 1 aliphatic rings. The molecule has 1 N–H and O–H groups in total. The summed E-state index contributed by atoms with van der Waals surface area (Å²) in [7, 11) is 0. The van der Waals surface area contributed by atoms with Gasteiger partial charge in [0.15, 0.2) is 5.78 Å². The number of carbonyl (C=O) groups excluding carboxylic acids is 1. The van der Waals surface area contributed by atoms with E-state index < -0.39 is 11.4 Å². The lowest BCUT2D eigenvalue weighted by Gasteiger charge is -2.32. The van der Waals surface area contributed by atoms with Crippen molar-refractivity contribution < 1.29 is 14.7 Å². The molecule has 3 unspecified atom stereocenters. The SMILES string of the molecule is CCC1C(C)CCC1(CC(=O)c1ccccc1)C(=O)O. The number of hydrogen-bond acceptors (Lipinski definition) is 2. The molecule has 20 heavy (non-hydrogen) atoms. The van der Waals surface area contributed by atoms with Crippen molar-refractivity contribution in [1.29, 1.82) is 0 Å². The number of carbonyl (C=O) groups is 2. The lowest BCUT2D eigenvalue weighted by molar-refractivity contribution is -0.151. The maximum absolute atomic E-state index is 12.4. The fourth-order valence-corrected chi connectivity index (χ4v) is 3.78. The standard InChI is InChI=1S/C17H22O3/c1-3-14-12(2)9-10-17(14,16(19)20)11-15(18)13-7-5-4-6-8-13/h4-8,12,14H,3,9-11H2,1-2H3,(H,19,20). The van der Waals surface area contributed by atoms with Crippen molar-refractivity contribution in [2.45, 2.75) is 39.5 Å². The highest BCUT2D eigenvalue weighted by Crippen LogP contribution is 2.51. The molecule has 0 radical (unpaired) electrons. The minimum Gasteiger partial charge on any atom is -0.481 e. The second-order valence-corrected chi connectivity index (χ2v) is 5.96. The van der Waals surface area contributed by atoms with E-state index in [9.17, 15) is 14.7 Å². The van der Waals surface area contributed by atoms with Crippen molar-refractivity contribution in [2.24, 2.45) is 17.3 Å². The van der Waals surface area contributed by atoms with Crippen LogP contribution < -0.4 is 0 Å². The van der Waals surface area contributed by atoms with E-state index in [0.717, 1.165) is 12.8 Å². The molecule has 108 valence electrons. The zero-order valence-electron chi connectivity index (χ0n) is 12.1. The summed E-state index contributed by atoms with van der Waals surface area (Å²) in [6, 6.07) is 9.01. The molecule has 3 atom stereocenters. The van der Waals surface area contributed by atoms with Crippen LogP contribution in [0.25, 0.3) is 0 Å². The van der Waals surface area contributed by atoms with E-state index in [1.807, 2.05) is 25.1 Å². The minimum atomic E-state index is -0.874. The monoisotopic (exact) mass is 274 g/mol. The summed E-state index contributed by atoms with van der Waals surface area (Å²) in [5.74, 6) is -0.397. The van der Waals surface area contributed by atoms with Gasteiger partial charge >= 0.3 is 5.97 Å². The first-order chi connectivity index (χ1) is 9.51. The Balaban J connectivity index is 2.27. The van der Waals surface area contributed by atoms with Crippen molar-refractivity contribution in [2.75, 3.05) is 0 Å². The Labute approximate surface area is 120 Å². The Bertz CT molecular complexity index is 494. The number of benzene rings is 1. The largest absolute Gasteiger partial charge is 0.481 e. The maximum Gasteiger partial charge on any atom is 0.310 e. The van der Waals surface area contributed by atoms with Gasteiger partial charge in [0.1, 0.15) is 0 Å². The van der Waals surface area contributed by atoms with Crippen LogP contribution in [-0.2, 0) is 4.79 Å². The van der Waals surface area contributed by atoms with Gasteiger partial charge in [0.2, 0.25) is 0 Å². The fraction of sp³-hybridized carbons (Fsp3) is 0.529. The van der Waals surface area contributed by atoms with Gasteiger partial charge in [0, 0.05) is 12.0 Å². The average Bonchev–Trinajstić information content (AvgIpc) is 2.77. The van der Waals surface area contributed by atoms with Gasteiger partial charge in [-0.2, -0.15) is 0 Å². The van der Waals surface area contributed by atoms with Crippen molar-refractivity contribution in [3.8, 4) is 0 Å². The number of rotatable bonds is 5. The molecular formula is C17H22O3. The van der Waals surface area contributed by atoms with Crippen LogP contribution in [0.5, 0.6) is 0 Å². The molecule has 0 saturated heterocycles. The molecule has 0 spiro atoms. The molecular weight excluding hydrogens is 252 g/mol. The number of ketones is 1. The van der Waals surface area contributed by atoms with Gasteiger partial charge in [-0.15, -0.1) is 0 Å². The van der Waals surface area contributed by atoms with Crippen LogP contribution in [0.2, 0.25) is 0 Å². The summed E-state index contributed by atoms with van der Waals surface area (Å²) in [6.07, 6.45) is 2.44. The Morgan fingerprint density at radius 3 is 2.50 bits per heavy atom. The highest BCUT2D eigenvalue weighted by molar-refractivity contribution is 5.99. The molecule has 0 heterocycles. The number of carboxylic acid groups (broad SMARTS) is 1. The van der Waals surface area contributed by atoms with Gasteiger partial charge in [0.25, 0.3) is 0 Å². The van der Waals surface area contributed by atoms with Crippen LogP contribution in [-0.4, -0.2) is 16.9 Å². The Morgan fingerprint density at radius 1 is 1.30 bits per heavy atom. The summed E-state index contributed by atoms with van der Waals surface area (Å²) in [6.45, 7) is 4.13. The topological polar surface area (TPSA) is 54.4 Å². The molecule has 0 aromatic heterocycles. The van der Waals surface area contributed by atoms with E-state index in [2.05, 4.69) is 6.92 Å². The normalized spacial score (nSPS) is 29.3. The summed E-state index contributed by atoms with van der Waals surface area (Å²) >= 11 is 0. The van der Waals surface area contributed by atoms with Gasteiger partial charge < -0.3 is 5.11 Å². The number of carboxylic acids is 1. The average molecular weight is 274 g/mol. The van der Waals surface area contributed by atoms with Crippen LogP contribution in [0.3, 0.4) is 0 Å². The number of Topliss-reactive ketones (excluding diaryl/α,β-unsaturated/α-hetero) is 1. The first-order valence-corrected chi connectivity index (χ1v) is 7.33. The van der Waals surface area contributed by atoms with Gasteiger partial charge in [-0.25, -0.2) is 0 Å². The zero-order chi connectivity index (χ0) is 14.8. The smallest absolute Gasteiger partial charge is 0.310 e. The molecule has 0 amide bonds. The molecule has 1 aromatic carbocycles. The van der Waals surface area contributed by atoms with Crippen molar-refractivity contribution in [3.63, 3.8) is 0 Å². The van der Waals surface area contributed by atoms with E-state index in [4.69, 9.17) is 0 Å². The van der Waals surface area contributed by atoms with E-state index in [1.165, 1.54) is 0 Å². The lowest BCUT2D eigenvalue weighted by atomic mass is 9.70. The third kappa shape index (κ3) is 2.49. The molecule has 1 aromatic rings. The molecule has 0 aliphatic heterocycles. The fourth-order valence-electron chi connectivity index (χ4n) is 3.78. The Hall–Kier alpha value is -1.64. The Kier molecular flexibility index (Phi) is 4.26. The second kappa shape index (κ2) is 5.78. The summed E-state index contributed by atoms with van der Waals surface area (Å²) < 4.78 is 0. The van der Waals surface area contributed by atoms with E-state index >= 15 is 0 Å². The summed E-state index contributed by atoms with van der Waals surface area (Å²) in [5, 5.41) is 9.73. The highest BCUT2D eigenvalue weighted by Gasteiger charge is 2.52. The molecule has 0 bridgehead atoms. The summed E-state index contributed by atoms with van der Waals surface area (Å²) in [5.41, 5.74) is -0.260. The number of aliphatic carboxylic acids is 1. The van der Waals surface area contributed by atoms with Crippen LogP contribution in [0.4, 0.5) is 0 Å². The van der Waals surface area contributed by atoms with E-state index in [-0.39, 0.29) is 18.1 Å². The molecule has 3 nitrogen and oxygen atoms in total. The van der Waals surface area contributed by atoms with E-state index in [1.54, 1.807) is 12.1 Å². The molecule has 1 saturated carbocycles. The van der Waals surface area contributed by atoms with Gasteiger partial charge in [0.05, 0.1) is 5.41 Å². The van der Waals surface area contributed by atoms with Crippen LogP contribution in [0, 0.1) is 17.3 Å². The summed E-state index contributed by atoms with van der Waals surface area (Å²) in [4.78, 5) is 24.3. The third-order valence-corrected chi connectivity index (χ3v) is 4.88. The predicted octanol–water partition coefficient (Wildman–Crippen LogP) is 3.79. The van der Waals surface area contributed by atoms with Crippen LogP contribution >= 0.6 is 0 Å². The van der Waals surface area contributed by atoms with Gasteiger partial charge in [-0.3, -0.25) is 9.59 Å². The first kappa shape index (κ1) is 14.8. The predicted molar refractivity (Wildman–Crippen MR) is 77.6 cm³/mol. The Morgan fingerprint density at radius 2 is 1.95 bits per heavy atom. The zero-order valence-corrected chi connectivity index (χ0v) is 12.1. The second-order valence-electron chi connectivity index (χ2n) is 5.96. The first-order valence-electron chi connectivity index (χ1n) is 7.33. The number of hydrogen-bond donors (Lipinski definition) is 1. The van der Waals surface area contributed by atoms with E-state index in [0.29, 0.717) is 17.9 Å². The lowest BCUT2D eigenvalue weighted by Crippen LogP contribution is -2.38. The molecule has 1 aliphatic carbocycles. The van der Waals surface area contributed by atoms with Crippen LogP contribution in [0.15, 0.2) is 30.3 Å². The van der Waals surface area contributed by atoms with Crippen molar-refractivity contribution in [1.82, 2.24) is 0 Å². The molecule has 1 fully saturated rings. The van der Waals surface area contributed by atoms with Gasteiger partial charge in [-0.05, 0) is 24.7 Å². The van der Waals surface area contributed by atoms with Crippen LogP contribution in [0.1, 0.15) is 49.9 Å². The quantitative estimate of drug-likeness (QED) is 0.831. The van der Waals surface area contributed by atoms with Crippen molar-refractivity contribution in [3.05, 3.63) is 35.9 Å². The third-order valence-electron chi connectivity index (χ3n) is 4.88. The minimum absolute atomic E-state index is 0.0550. The van der Waals surface area contributed by atoms with Crippen molar-refractivity contribution >= 4 is 11.8 Å². The molecule has 3 heteroatoms. The highest BCUT2D eigenvalue weighted by atomic mass is 16.4. The molecule has 2 rings (SSSR count). The maximum atomic E-state index is 12.4. The van der Waals surface area contributed by atoms with Gasteiger partial charge in [-0.1, -0.05) is 50.6 Å².